The van der Waals surface area contributed by atoms with E-state index in [0.29, 0.717) is 11.8 Å². The van der Waals surface area contributed by atoms with E-state index >= 15 is 0 Å². The van der Waals surface area contributed by atoms with E-state index in [4.69, 9.17) is 0 Å². The van der Waals surface area contributed by atoms with Crippen molar-refractivity contribution in [3.63, 3.8) is 0 Å². The largest absolute Gasteiger partial charge is 0.317 e. The van der Waals surface area contributed by atoms with Gasteiger partial charge in [0.15, 0.2) is 0 Å². The normalized spacial score (nSPS) is 20.7. The van der Waals surface area contributed by atoms with Gasteiger partial charge < -0.3 is 10.2 Å². The smallest absolute Gasteiger partial charge is 0.147 e. The van der Waals surface area contributed by atoms with Gasteiger partial charge >= 0.3 is 0 Å². The van der Waals surface area contributed by atoms with Crippen LogP contribution in [-0.2, 0) is 9.84 Å². The molecule has 4 nitrogen and oxygen atoms in total. The molecule has 0 unspecified atom stereocenters. The number of hydrogen-bond acceptors (Lipinski definition) is 4. The summed E-state index contributed by atoms with van der Waals surface area (Å²) in [7, 11) is -0.775. The Hall–Kier alpha value is -0.130. The zero-order valence-electron chi connectivity index (χ0n) is 9.70. The van der Waals surface area contributed by atoms with Crippen molar-refractivity contribution < 1.29 is 8.42 Å². The Morgan fingerprint density at radius 2 is 1.93 bits per heavy atom. The van der Waals surface area contributed by atoms with E-state index in [2.05, 4.69) is 10.2 Å². The van der Waals surface area contributed by atoms with Crippen molar-refractivity contribution in [1.82, 2.24) is 10.2 Å². The maximum Gasteiger partial charge on any atom is 0.147 e. The Balaban J connectivity index is 2.14. The van der Waals surface area contributed by atoms with Crippen molar-refractivity contribution in [2.75, 3.05) is 38.7 Å². The summed E-state index contributed by atoms with van der Waals surface area (Å²) in [6.45, 7) is 3.11. The molecular formula is C10H22N2O2S. The lowest BCUT2D eigenvalue weighted by atomic mass is 10.1. The highest BCUT2D eigenvalue weighted by molar-refractivity contribution is 7.90. The van der Waals surface area contributed by atoms with Crippen molar-refractivity contribution in [3.05, 3.63) is 0 Å². The molecule has 1 rings (SSSR count). The predicted molar refractivity (Wildman–Crippen MR) is 62.8 cm³/mol. The van der Waals surface area contributed by atoms with Gasteiger partial charge in [-0.05, 0) is 45.9 Å². The summed E-state index contributed by atoms with van der Waals surface area (Å²) in [5.41, 5.74) is 0. The fourth-order valence-corrected chi connectivity index (χ4v) is 2.65. The molecule has 0 aromatic rings. The minimum Gasteiger partial charge on any atom is -0.317 e. The number of sulfone groups is 1. The van der Waals surface area contributed by atoms with Gasteiger partial charge in [0.25, 0.3) is 0 Å². The lowest BCUT2D eigenvalue weighted by Crippen LogP contribution is -2.41. The van der Waals surface area contributed by atoms with Gasteiger partial charge in [0, 0.05) is 12.3 Å². The zero-order chi connectivity index (χ0) is 11.3. The number of nitrogens with one attached hydrogen (secondary N) is 1. The number of rotatable bonds is 5. The lowest BCUT2D eigenvalue weighted by molar-refractivity contribution is 0.202. The molecule has 1 fully saturated rings. The quantitative estimate of drug-likeness (QED) is 0.733. The lowest BCUT2D eigenvalue weighted by Gasteiger charge is -2.31. The molecule has 0 saturated carbocycles. The summed E-state index contributed by atoms with van der Waals surface area (Å²) in [4.78, 5) is 2.36. The molecule has 1 aliphatic heterocycles. The first kappa shape index (κ1) is 12.9. The zero-order valence-corrected chi connectivity index (χ0v) is 10.5. The summed E-state index contributed by atoms with van der Waals surface area (Å²) in [5, 5.41) is 3.28. The second kappa shape index (κ2) is 5.82. The van der Waals surface area contributed by atoms with Gasteiger partial charge in [0.2, 0.25) is 0 Å². The third-order valence-electron chi connectivity index (χ3n) is 2.99. The minimum absolute atomic E-state index is 0.318. The number of likely N-dealkylation sites (tertiary alicyclic amines) is 1. The Bertz CT molecular complexity index is 269. The SMILES string of the molecule is CNC1CCN(CCCS(C)(=O)=O)CC1. The van der Waals surface area contributed by atoms with Crippen LogP contribution in [0.4, 0.5) is 0 Å². The van der Waals surface area contributed by atoms with Crippen LogP contribution in [0.2, 0.25) is 0 Å². The van der Waals surface area contributed by atoms with Crippen LogP contribution in [-0.4, -0.2) is 58.1 Å². The van der Waals surface area contributed by atoms with Crippen LogP contribution in [0.1, 0.15) is 19.3 Å². The highest BCUT2D eigenvalue weighted by atomic mass is 32.2. The molecule has 90 valence electrons. The van der Waals surface area contributed by atoms with Crippen LogP contribution in [0, 0.1) is 0 Å². The second-order valence-corrected chi connectivity index (χ2v) is 6.65. The molecule has 1 aliphatic rings. The average molecular weight is 234 g/mol. The number of nitrogens with zero attached hydrogens (tertiary/aromatic N) is 1. The second-order valence-electron chi connectivity index (χ2n) is 4.39. The highest BCUT2D eigenvalue weighted by Gasteiger charge is 2.17. The standard InChI is InChI=1S/C10H22N2O2S/c1-11-10-4-7-12(8-5-10)6-3-9-15(2,13)14/h10-11H,3-9H2,1-2H3. The van der Waals surface area contributed by atoms with Crippen molar-refractivity contribution in [1.29, 1.82) is 0 Å². The third kappa shape index (κ3) is 5.49. The van der Waals surface area contributed by atoms with Gasteiger partial charge in [0.1, 0.15) is 9.84 Å². The molecule has 15 heavy (non-hydrogen) atoms. The summed E-state index contributed by atoms with van der Waals surface area (Å²) in [6.07, 6.45) is 4.42. The van der Waals surface area contributed by atoms with Gasteiger partial charge in [0.05, 0.1) is 5.75 Å². The molecule has 0 aromatic carbocycles. The van der Waals surface area contributed by atoms with E-state index in [-0.39, 0.29) is 0 Å². The van der Waals surface area contributed by atoms with E-state index in [0.717, 1.165) is 26.1 Å². The van der Waals surface area contributed by atoms with Crippen LogP contribution >= 0.6 is 0 Å². The fraction of sp³-hybridized carbons (Fsp3) is 1.00. The van der Waals surface area contributed by atoms with Gasteiger partial charge in [-0.15, -0.1) is 0 Å². The van der Waals surface area contributed by atoms with Crippen LogP contribution in [0.5, 0.6) is 0 Å². The van der Waals surface area contributed by atoms with E-state index in [1.54, 1.807) is 0 Å². The molecule has 1 saturated heterocycles. The van der Waals surface area contributed by atoms with Gasteiger partial charge in [-0.25, -0.2) is 8.42 Å². The van der Waals surface area contributed by atoms with Crippen LogP contribution < -0.4 is 5.32 Å². The first-order valence-corrected chi connectivity index (χ1v) is 7.64. The predicted octanol–water partition coefficient (Wildman–Crippen LogP) is 0.105. The Labute approximate surface area is 93.0 Å². The van der Waals surface area contributed by atoms with E-state index in [1.165, 1.54) is 19.1 Å². The molecule has 0 radical (unpaired) electrons. The van der Waals surface area contributed by atoms with Crippen LogP contribution in [0.15, 0.2) is 0 Å². The summed E-state index contributed by atoms with van der Waals surface area (Å²) in [6, 6.07) is 0.649. The molecule has 1 heterocycles. The summed E-state index contributed by atoms with van der Waals surface area (Å²) in [5.74, 6) is 0.318. The first-order valence-electron chi connectivity index (χ1n) is 5.58. The molecular weight excluding hydrogens is 212 g/mol. The monoisotopic (exact) mass is 234 g/mol. The molecule has 5 heteroatoms. The Morgan fingerprint density at radius 1 is 1.33 bits per heavy atom. The minimum atomic E-state index is -2.78. The number of piperidine rings is 1. The van der Waals surface area contributed by atoms with Gasteiger partial charge in [-0.2, -0.15) is 0 Å². The van der Waals surface area contributed by atoms with E-state index < -0.39 is 9.84 Å². The van der Waals surface area contributed by atoms with Crippen molar-refractivity contribution in [3.8, 4) is 0 Å². The molecule has 0 spiro atoms. The van der Waals surface area contributed by atoms with Gasteiger partial charge in [-0.3, -0.25) is 0 Å². The number of hydrogen-bond donors (Lipinski definition) is 1. The van der Waals surface area contributed by atoms with Crippen molar-refractivity contribution >= 4 is 9.84 Å². The molecule has 0 bridgehead atoms. The maximum absolute atomic E-state index is 10.9. The summed E-state index contributed by atoms with van der Waals surface area (Å²) < 4.78 is 21.9. The van der Waals surface area contributed by atoms with Crippen LogP contribution in [0.25, 0.3) is 0 Å². The van der Waals surface area contributed by atoms with Crippen molar-refractivity contribution in [2.24, 2.45) is 0 Å². The third-order valence-corrected chi connectivity index (χ3v) is 4.02. The molecule has 0 amide bonds. The Morgan fingerprint density at radius 3 is 2.40 bits per heavy atom. The highest BCUT2D eigenvalue weighted by Crippen LogP contribution is 2.10. The molecule has 0 aliphatic carbocycles. The van der Waals surface area contributed by atoms with Crippen LogP contribution in [0.3, 0.4) is 0 Å². The van der Waals surface area contributed by atoms with Crippen molar-refractivity contribution in [2.45, 2.75) is 25.3 Å². The fourth-order valence-electron chi connectivity index (χ4n) is 2.00. The van der Waals surface area contributed by atoms with E-state index in [1.807, 2.05) is 7.05 Å². The van der Waals surface area contributed by atoms with Gasteiger partial charge in [-0.1, -0.05) is 0 Å². The molecule has 1 N–H and O–H groups in total. The topological polar surface area (TPSA) is 49.4 Å². The molecule has 0 aromatic heterocycles. The average Bonchev–Trinajstić information content (AvgIpc) is 2.17. The Kier molecular flexibility index (Phi) is 5.02. The van der Waals surface area contributed by atoms with E-state index in [9.17, 15) is 8.42 Å². The molecule has 0 atom stereocenters. The first-order chi connectivity index (χ1) is 7.01. The maximum atomic E-state index is 10.9. The summed E-state index contributed by atoms with van der Waals surface area (Å²) >= 11 is 0.